The summed E-state index contributed by atoms with van der Waals surface area (Å²) in [5, 5.41) is 15.8. The summed E-state index contributed by atoms with van der Waals surface area (Å²) in [6.07, 6.45) is 9.41. The normalized spacial score (nSPS) is 35.7. The third-order valence-corrected chi connectivity index (χ3v) is 6.23. The van der Waals surface area contributed by atoms with Crippen LogP contribution in [-0.4, -0.2) is 36.6 Å². The van der Waals surface area contributed by atoms with Crippen molar-refractivity contribution in [1.82, 2.24) is 30.5 Å². The number of carbonyl (C=O) groups is 1. The van der Waals surface area contributed by atoms with E-state index in [1.165, 1.54) is 12.7 Å². The fraction of sp³-hybridized carbons (Fsp3) is 0.588. The topological polar surface area (TPSA) is 112 Å². The number of carbonyl (C=O) groups excluding carboxylic acids is 1. The zero-order valence-electron chi connectivity index (χ0n) is 13.9. The minimum atomic E-state index is -0.184. The lowest BCUT2D eigenvalue weighted by Gasteiger charge is -2.61. The summed E-state index contributed by atoms with van der Waals surface area (Å²) in [6.45, 7) is 0. The molecular weight excluding hydrogens is 318 g/mol. The number of nitrogen functional groups attached to an aromatic ring is 1. The molecule has 4 fully saturated rings. The van der Waals surface area contributed by atoms with Crippen molar-refractivity contribution in [1.29, 1.82) is 0 Å². The van der Waals surface area contributed by atoms with Crippen molar-refractivity contribution in [3.8, 4) is 0 Å². The molecule has 8 heteroatoms. The zero-order chi connectivity index (χ0) is 17.1. The third-order valence-electron chi connectivity index (χ3n) is 6.23. The van der Waals surface area contributed by atoms with Gasteiger partial charge in [-0.25, -0.2) is 4.98 Å². The molecular formula is C17H21N7O. The average molecular weight is 339 g/mol. The monoisotopic (exact) mass is 339 g/mol. The number of nitrogens with two attached hydrogens (primary N) is 1. The Balaban J connectivity index is 1.45. The maximum absolute atomic E-state index is 12.8. The molecule has 2 heterocycles. The van der Waals surface area contributed by atoms with Gasteiger partial charge in [0.25, 0.3) is 5.91 Å². The molecule has 2 unspecified atom stereocenters. The van der Waals surface area contributed by atoms with Gasteiger partial charge in [0, 0.05) is 11.7 Å². The number of anilines is 1. The summed E-state index contributed by atoms with van der Waals surface area (Å²) in [6, 6.07) is 3.39. The first-order valence-electron chi connectivity index (χ1n) is 8.83. The molecule has 3 N–H and O–H groups in total. The summed E-state index contributed by atoms with van der Waals surface area (Å²) < 4.78 is 0. The van der Waals surface area contributed by atoms with Crippen LogP contribution in [0.4, 0.5) is 5.82 Å². The van der Waals surface area contributed by atoms with E-state index < -0.39 is 0 Å². The highest BCUT2D eigenvalue weighted by molar-refractivity contribution is 5.94. The van der Waals surface area contributed by atoms with E-state index in [-0.39, 0.29) is 17.0 Å². The molecule has 4 aliphatic carbocycles. The predicted octanol–water partition coefficient (Wildman–Crippen LogP) is 1.13. The van der Waals surface area contributed by atoms with Crippen molar-refractivity contribution in [2.45, 2.75) is 49.6 Å². The summed E-state index contributed by atoms with van der Waals surface area (Å²) in [5.41, 5.74) is 5.89. The largest absolute Gasteiger partial charge is 0.384 e. The zero-order valence-corrected chi connectivity index (χ0v) is 13.9. The van der Waals surface area contributed by atoms with E-state index in [2.05, 4.69) is 25.7 Å². The first kappa shape index (κ1) is 14.8. The second kappa shape index (κ2) is 5.00. The third kappa shape index (κ3) is 2.31. The molecule has 1 amide bonds. The van der Waals surface area contributed by atoms with Gasteiger partial charge in [0.1, 0.15) is 5.82 Å². The Bertz CT molecular complexity index is 787. The highest BCUT2D eigenvalue weighted by Crippen LogP contribution is 2.60. The molecule has 2 aromatic heterocycles. The van der Waals surface area contributed by atoms with Gasteiger partial charge in [-0.2, -0.15) is 4.80 Å². The minimum absolute atomic E-state index is 0.0730. The molecule has 4 aliphatic rings. The van der Waals surface area contributed by atoms with E-state index in [4.69, 9.17) is 5.73 Å². The minimum Gasteiger partial charge on any atom is -0.384 e. The van der Waals surface area contributed by atoms with Gasteiger partial charge < -0.3 is 11.1 Å². The Kier molecular flexibility index (Phi) is 2.96. The van der Waals surface area contributed by atoms with E-state index in [9.17, 15) is 4.79 Å². The molecule has 6 rings (SSSR count). The van der Waals surface area contributed by atoms with E-state index >= 15 is 0 Å². The van der Waals surface area contributed by atoms with Crippen LogP contribution < -0.4 is 11.1 Å². The average Bonchev–Trinajstić information content (AvgIpc) is 3.09. The summed E-state index contributed by atoms with van der Waals surface area (Å²) in [5.74, 6) is 1.56. The highest BCUT2D eigenvalue weighted by Gasteiger charge is 2.60. The maximum atomic E-state index is 12.8. The van der Waals surface area contributed by atoms with Gasteiger partial charge >= 0.3 is 0 Å². The molecule has 2 aromatic rings. The van der Waals surface area contributed by atoms with Crippen LogP contribution in [0.3, 0.4) is 0 Å². The number of hydrogen-bond donors (Lipinski definition) is 2. The van der Waals surface area contributed by atoms with Gasteiger partial charge in [-0.15, -0.1) is 10.2 Å². The Morgan fingerprint density at radius 1 is 1.24 bits per heavy atom. The molecule has 25 heavy (non-hydrogen) atoms. The summed E-state index contributed by atoms with van der Waals surface area (Å²) >= 11 is 0. The van der Waals surface area contributed by atoms with Crippen LogP contribution in [0.2, 0.25) is 0 Å². The van der Waals surface area contributed by atoms with E-state index in [0.717, 1.165) is 32.1 Å². The fourth-order valence-corrected chi connectivity index (χ4v) is 5.83. The number of amides is 1. The number of nitrogens with one attached hydrogen (secondary N) is 1. The number of rotatable bonds is 3. The van der Waals surface area contributed by atoms with Crippen LogP contribution in [0.1, 0.15) is 48.9 Å². The Labute approximate surface area is 145 Å². The van der Waals surface area contributed by atoms with E-state index in [0.29, 0.717) is 23.2 Å². The van der Waals surface area contributed by atoms with Crippen LogP contribution in [0, 0.1) is 11.8 Å². The summed E-state index contributed by atoms with van der Waals surface area (Å²) in [4.78, 5) is 18.6. The molecule has 0 saturated heterocycles. The SMILES string of the molecule is Nc1ccc(C(=O)NC23C[C@H]4C[C@@H](C2)CC(n2ncnn2)(C4)C3)cn1. The van der Waals surface area contributed by atoms with Crippen LogP contribution in [0.15, 0.2) is 24.7 Å². The lowest BCUT2D eigenvalue weighted by Crippen LogP contribution is -2.66. The van der Waals surface area contributed by atoms with Gasteiger partial charge in [0.15, 0.2) is 6.33 Å². The van der Waals surface area contributed by atoms with Crippen molar-refractivity contribution in [2.75, 3.05) is 5.73 Å². The van der Waals surface area contributed by atoms with Crippen molar-refractivity contribution in [3.05, 3.63) is 30.2 Å². The van der Waals surface area contributed by atoms with Gasteiger partial charge in [-0.3, -0.25) is 4.79 Å². The van der Waals surface area contributed by atoms with Crippen LogP contribution >= 0.6 is 0 Å². The maximum Gasteiger partial charge on any atom is 0.253 e. The van der Waals surface area contributed by atoms with Crippen LogP contribution in [-0.2, 0) is 5.54 Å². The second-order valence-corrected chi connectivity index (χ2v) is 8.12. The number of nitrogens with zero attached hydrogens (tertiary/aromatic N) is 5. The second-order valence-electron chi connectivity index (χ2n) is 8.12. The molecule has 4 atom stereocenters. The summed E-state index contributed by atoms with van der Waals surface area (Å²) in [7, 11) is 0. The van der Waals surface area contributed by atoms with Crippen LogP contribution in [0.5, 0.6) is 0 Å². The van der Waals surface area contributed by atoms with Crippen molar-refractivity contribution in [3.63, 3.8) is 0 Å². The fourth-order valence-electron chi connectivity index (χ4n) is 5.83. The first-order chi connectivity index (χ1) is 12.1. The Morgan fingerprint density at radius 2 is 2.04 bits per heavy atom. The van der Waals surface area contributed by atoms with Gasteiger partial charge in [0.05, 0.1) is 11.1 Å². The molecule has 0 aliphatic heterocycles. The molecule has 0 aromatic carbocycles. The molecule has 0 spiro atoms. The molecule has 4 saturated carbocycles. The number of hydrogen-bond acceptors (Lipinski definition) is 6. The molecule has 0 radical (unpaired) electrons. The van der Waals surface area contributed by atoms with Gasteiger partial charge in [0.2, 0.25) is 0 Å². The highest BCUT2D eigenvalue weighted by atomic mass is 16.1. The lowest BCUT2D eigenvalue weighted by atomic mass is 9.50. The van der Waals surface area contributed by atoms with Crippen molar-refractivity contribution >= 4 is 11.7 Å². The van der Waals surface area contributed by atoms with Crippen LogP contribution in [0.25, 0.3) is 0 Å². The van der Waals surface area contributed by atoms with Gasteiger partial charge in [-0.1, -0.05) is 0 Å². The standard InChI is InChI=1S/C17H21N7O/c18-14-2-1-13(8-19-14)15(25)22-16-4-11-3-12(5-16)7-17(6-11,9-16)24-21-10-20-23-24/h1-2,8,10-12H,3-7,9H2,(H2,18,19)(H,22,25)/t11-,12+,16?,17?. The lowest BCUT2D eigenvalue weighted by molar-refractivity contribution is -0.0810. The quantitative estimate of drug-likeness (QED) is 0.867. The van der Waals surface area contributed by atoms with Crippen molar-refractivity contribution in [2.24, 2.45) is 11.8 Å². The van der Waals surface area contributed by atoms with Gasteiger partial charge in [-0.05, 0) is 67.7 Å². The number of tetrazole rings is 1. The van der Waals surface area contributed by atoms with Crippen molar-refractivity contribution < 1.29 is 4.79 Å². The smallest absolute Gasteiger partial charge is 0.253 e. The Morgan fingerprint density at radius 3 is 2.68 bits per heavy atom. The molecule has 4 bridgehead atoms. The Hall–Kier alpha value is -2.51. The van der Waals surface area contributed by atoms with E-state index in [1.54, 1.807) is 23.1 Å². The molecule has 8 nitrogen and oxygen atoms in total. The number of aromatic nitrogens is 5. The predicted molar refractivity (Wildman–Crippen MR) is 89.3 cm³/mol. The number of pyridine rings is 1. The van der Waals surface area contributed by atoms with E-state index in [1.807, 2.05) is 0 Å². The first-order valence-corrected chi connectivity index (χ1v) is 8.83. The molecule has 130 valence electrons.